The highest BCUT2D eigenvalue weighted by atomic mass is 16.2. The molecule has 0 unspecified atom stereocenters. The first-order valence-electron chi connectivity index (χ1n) is 9.52. The van der Waals surface area contributed by atoms with Crippen LogP contribution in [0.25, 0.3) is 0 Å². The normalized spacial score (nSPS) is 10.8. The third kappa shape index (κ3) is 7.29. The van der Waals surface area contributed by atoms with Crippen molar-refractivity contribution in [3.63, 3.8) is 0 Å². The average Bonchev–Trinajstić information content (AvgIpc) is 2.66. The largest absolute Gasteiger partial charge is 0.376 e. The van der Waals surface area contributed by atoms with E-state index in [4.69, 9.17) is 0 Å². The smallest absolute Gasteiger partial charge is 0.251 e. The minimum absolute atomic E-state index is 0.0235. The highest BCUT2D eigenvalue weighted by Crippen LogP contribution is 2.13. The van der Waals surface area contributed by atoms with Crippen molar-refractivity contribution in [3.05, 3.63) is 59.7 Å². The number of carbonyl (C=O) groups excluding carboxylic acids is 3. The SMILES string of the molecule is CCNC(=O)c1cccc(NC(=O)CNc2cccc(C(=O)NC(C)(C)C)c2)c1. The molecule has 7 nitrogen and oxygen atoms in total. The summed E-state index contributed by atoms with van der Waals surface area (Å²) in [6.45, 7) is 8.15. The number of nitrogens with one attached hydrogen (secondary N) is 4. The molecule has 29 heavy (non-hydrogen) atoms. The van der Waals surface area contributed by atoms with Gasteiger partial charge in [-0.3, -0.25) is 14.4 Å². The van der Waals surface area contributed by atoms with Gasteiger partial charge in [0.1, 0.15) is 0 Å². The predicted octanol–water partition coefficient (Wildman–Crippen LogP) is 3.02. The zero-order valence-electron chi connectivity index (χ0n) is 17.3. The lowest BCUT2D eigenvalue weighted by atomic mass is 10.1. The van der Waals surface area contributed by atoms with Crippen molar-refractivity contribution in [2.24, 2.45) is 0 Å². The number of rotatable bonds is 7. The van der Waals surface area contributed by atoms with Crippen molar-refractivity contribution in [3.8, 4) is 0 Å². The molecule has 154 valence electrons. The van der Waals surface area contributed by atoms with Crippen LogP contribution >= 0.6 is 0 Å². The van der Waals surface area contributed by atoms with Gasteiger partial charge in [0.05, 0.1) is 6.54 Å². The van der Waals surface area contributed by atoms with Crippen LogP contribution in [0.15, 0.2) is 48.5 Å². The number of amides is 3. The third-order valence-electron chi connectivity index (χ3n) is 3.81. The lowest BCUT2D eigenvalue weighted by Crippen LogP contribution is -2.40. The number of hydrogen-bond acceptors (Lipinski definition) is 4. The summed E-state index contributed by atoms with van der Waals surface area (Å²) in [6.07, 6.45) is 0. The zero-order valence-corrected chi connectivity index (χ0v) is 17.3. The molecule has 0 aliphatic rings. The quantitative estimate of drug-likeness (QED) is 0.578. The van der Waals surface area contributed by atoms with E-state index >= 15 is 0 Å². The van der Waals surface area contributed by atoms with Crippen molar-refractivity contribution in [2.45, 2.75) is 33.2 Å². The van der Waals surface area contributed by atoms with Crippen LogP contribution in [0.4, 0.5) is 11.4 Å². The number of carbonyl (C=O) groups is 3. The Morgan fingerprint density at radius 3 is 2.07 bits per heavy atom. The van der Waals surface area contributed by atoms with Crippen LogP contribution in [0.2, 0.25) is 0 Å². The van der Waals surface area contributed by atoms with Gasteiger partial charge >= 0.3 is 0 Å². The molecule has 0 radical (unpaired) electrons. The van der Waals surface area contributed by atoms with E-state index in [0.29, 0.717) is 29.0 Å². The van der Waals surface area contributed by atoms with Gasteiger partial charge in [0.2, 0.25) is 5.91 Å². The van der Waals surface area contributed by atoms with Gasteiger partial charge in [-0.05, 0) is 64.1 Å². The van der Waals surface area contributed by atoms with Gasteiger partial charge < -0.3 is 21.3 Å². The molecule has 0 fully saturated rings. The van der Waals surface area contributed by atoms with Gasteiger partial charge in [-0.25, -0.2) is 0 Å². The predicted molar refractivity (Wildman–Crippen MR) is 115 cm³/mol. The standard InChI is InChI=1S/C22H28N4O3/c1-5-23-20(28)15-8-7-11-18(13-15)25-19(27)14-24-17-10-6-9-16(12-17)21(29)26-22(2,3)4/h6-13,24H,5,14H2,1-4H3,(H,23,28)(H,25,27)(H,26,29). The van der Waals surface area contributed by atoms with E-state index in [1.807, 2.05) is 27.7 Å². The second-order valence-electron chi connectivity index (χ2n) is 7.63. The van der Waals surface area contributed by atoms with Crippen LogP contribution in [0, 0.1) is 0 Å². The van der Waals surface area contributed by atoms with E-state index in [9.17, 15) is 14.4 Å². The zero-order chi connectivity index (χ0) is 21.4. The first-order chi connectivity index (χ1) is 13.7. The fourth-order valence-electron chi connectivity index (χ4n) is 2.57. The summed E-state index contributed by atoms with van der Waals surface area (Å²) < 4.78 is 0. The highest BCUT2D eigenvalue weighted by molar-refractivity contribution is 5.98. The fraction of sp³-hybridized carbons (Fsp3) is 0.318. The Balaban J connectivity index is 1.94. The number of benzene rings is 2. The summed E-state index contributed by atoms with van der Waals surface area (Å²) in [5.41, 5.74) is 1.87. The summed E-state index contributed by atoms with van der Waals surface area (Å²) in [5, 5.41) is 11.4. The van der Waals surface area contributed by atoms with Crippen LogP contribution in [-0.2, 0) is 4.79 Å². The third-order valence-corrected chi connectivity index (χ3v) is 3.81. The molecule has 0 aliphatic heterocycles. The molecule has 0 spiro atoms. The molecule has 0 bridgehead atoms. The summed E-state index contributed by atoms with van der Waals surface area (Å²) in [5.74, 6) is -0.623. The summed E-state index contributed by atoms with van der Waals surface area (Å²) >= 11 is 0. The first kappa shape index (κ1) is 21.9. The Hall–Kier alpha value is -3.35. The molecule has 7 heteroatoms. The van der Waals surface area contributed by atoms with Crippen LogP contribution in [0.5, 0.6) is 0 Å². The molecule has 0 heterocycles. The van der Waals surface area contributed by atoms with Gasteiger partial charge in [0, 0.05) is 34.6 Å². The van der Waals surface area contributed by atoms with Gasteiger partial charge in [-0.1, -0.05) is 12.1 Å². The Morgan fingerprint density at radius 2 is 1.45 bits per heavy atom. The molecule has 0 aliphatic carbocycles. The van der Waals surface area contributed by atoms with Crippen LogP contribution in [-0.4, -0.2) is 36.3 Å². The minimum Gasteiger partial charge on any atom is -0.376 e. The van der Waals surface area contributed by atoms with Gasteiger partial charge in [-0.15, -0.1) is 0 Å². The van der Waals surface area contributed by atoms with Gasteiger partial charge in [0.25, 0.3) is 11.8 Å². The van der Waals surface area contributed by atoms with Gasteiger partial charge in [0.15, 0.2) is 0 Å². The van der Waals surface area contributed by atoms with Crippen molar-refractivity contribution in [2.75, 3.05) is 23.7 Å². The van der Waals surface area contributed by atoms with E-state index < -0.39 is 0 Å². The summed E-state index contributed by atoms with van der Waals surface area (Å²) in [4.78, 5) is 36.4. The maximum absolute atomic E-state index is 12.3. The van der Waals surface area contributed by atoms with E-state index in [0.717, 1.165) is 0 Å². The minimum atomic E-state index is -0.330. The van der Waals surface area contributed by atoms with Crippen molar-refractivity contribution in [1.29, 1.82) is 0 Å². The molecule has 0 aromatic heterocycles. The summed E-state index contributed by atoms with van der Waals surface area (Å²) in [7, 11) is 0. The number of hydrogen-bond donors (Lipinski definition) is 4. The van der Waals surface area contributed by atoms with Gasteiger partial charge in [-0.2, -0.15) is 0 Å². The molecule has 2 aromatic carbocycles. The second kappa shape index (κ2) is 9.73. The molecule has 2 aromatic rings. The molecule has 2 rings (SSSR count). The van der Waals surface area contributed by atoms with E-state index in [2.05, 4.69) is 21.3 Å². The molecule has 0 saturated carbocycles. The van der Waals surface area contributed by atoms with Crippen LogP contribution < -0.4 is 21.3 Å². The second-order valence-corrected chi connectivity index (χ2v) is 7.63. The molecule has 4 N–H and O–H groups in total. The Kier molecular flexibility index (Phi) is 7.36. The fourth-order valence-corrected chi connectivity index (χ4v) is 2.57. The van der Waals surface area contributed by atoms with E-state index in [1.54, 1.807) is 48.5 Å². The maximum Gasteiger partial charge on any atom is 0.251 e. The lowest BCUT2D eigenvalue weighted by molar-refractivity contribution is -0.114. The van der Waals surface area contributed by atoms with E-state index in [-0.39, 0.29) is 29.8 Å². The maximum atomic E-state index is 12.3. The Labute approximate surface area is 171 Å². The Morgan fingerprint density at radius 1 is 0.862 bits per heavy atom. The monoisotopic (exact) mass is 396 g/mol. The molecule has 3 amide bonds. The first-order valence-corrected chi connectivity index (χ1v) is 9.52. The lowest BCUT2D eigenvalue weighted by Gasteiger charge is -2.20. The molecular weight excluding hydrogens is 368 g/mol. The molecule has 0 saturated heterocycles. The van der Waals surface area contributed by atoms with E-state index in [1.165, 1.54) is 0 Å². The topological polar surface area (TPSA) is 99.3 Å². The summed E-state index contributed by atoms with van der Waals surface area (Å²) in [6, 6.07) is 13.7. The highest BCUT2D eigenvalue weighted by Gasteiger charge is 2.15. The van der Waals surface area contributed by atoms with Crippen molar-refractivity contribution < 1.29 is 14.4 Å². The number of anilines is 2. The Bertz CT molecular complexity index is 888. The van der Waals surface area contributed by atoms with Crippen LogP contribution in [0.1, 0.15) is 48.4 Å². The van der Waals surface area contributed by atoms with Crippen molar-refractivity contribution >= 4 is 29.1 Å². The molecule has 0 atom stereocenters. The van der Waals surface area contributed by atoms with Crippen LogP contribution in [0.3, 0.4) is 0 Å². The average molecular weight is 396 g/mol. The van der Waals surface area contributed by atoms with Crippen molar-refractivity contribution in [1.82, 2.24) is 10.6 Å². The molecular formula is C22H28N4O3.